The van der Waals surface area contributed by atoms with Crippen molar-refractivity contribution in [2.75, 3.05) is 0 Å². The number of hydrogen-bond donors (Lipinski definition) is 0. The number of rotatable bonds is 4. The fraction of sp³-hybridized carbons (Fsp3) is 0.571. The van der Waals surface area contributed by atoms with Crippen LogP contribution >= 0.6 is 0 Å². The Bertz CT molecular complexity index is 246. The molecule has 0 heteroatoms. The van der Waals surface area contributed by atoms with Crippen molar-refractivity contribution in [1.29, 1.82) is 0 Å². The second kappa shape index (κ2) is 5.19. The molecule has 0 saturated carbocycles. The van der Waals surface area contributed by atoms with Gasteiger partial charge in [0.15, 0.2) is 0 Å². The lowest BCUT2D eigenvalue weighted by molar-refractivity contribution is 0.408. The molecular formula is C14H22. The zero-order valence-electron chi connectivity index (χ0n) is 9.83. The minimum Gasteiger partial charge on any atom is -0.0628 e. The van der Waals surface area contributed by atoms with Gasteiger partial charge in [0.25, 0.3) is 0 Å². The third kappa shape index (κ3) is 3.17. The molecule has 0 unspecified atom stereocenters. The molecule has 0 aromatic heterocycles. The van der Waals surface area contributed by atoms with E-state index in [0.29, 0.717) is 0 Å². The Kier molecular flexibility index (Phi) is 4.19. The van der Waals surface area contributed by atoms with Crippen molar-refractivity contribution in [3.05, 3.63) is 35.9 Å². The Balaban J connectivity index is 2.78. The molecule has 0 nitrogen and oxygen atoms in total. The van der Waals surface area contributed by atoms with Gasteiger partial charge in [0.1, 0.15) is 0 Å². The summed E-state index contributed by atoms with van der Waals surface area (Å²) in [5.41, 5.74) is 1.50. The molecule has 1 rings (SSSR count). The summed E-state index contributed by atoms with van der Waals surface area (Å²) in [7, 11) is 0. The van der Waals surface area contributed by atoms with Crippen LogP contribution in [0.5, 0.6) is 0 Å². The average Bonchev–Trinajstić information content (AvgIpc) is 2.15. The minimum absolute atomic E-state index is 0.719. The molecule has 0 amide bonds. The van der Waals surface area contributed by atoms with Crippen molar-refractivity contribution < 1.29 is 0 Å². The molecule has 0 radical (unpaired) electrons. The molecule has 0 heterocycles. The molecule has 78 valence electrons. The van der Waals surface area contributed by atoms with Crippen LogP contribution in [0.4, 0.5) is 0 Å². The van der Waals surface area contributed by atoms with Gasteiger partial charge in [-0.3, -0.25) is 0 Å². The standard InChI is InChI=1S/C14H22/c1-11(2)10-14(12(3)4)13-8-6-5-7-9-13/h5-9,11-12,14H,10H2,1-4H3/t14-/m0/s1. The van der Waals surface area contributed by atoms with Crippen molar-refractivity contribution in [3.63, 3.8) is 0 Å². The largest absolute Gasteiger partial charge is 0.0628 e. The van der Waals surface area contributed by atoms with E-state index in [-0.39, 0.29) is 0 Å². The Morgan fingerprint density at radius 2 is 1.50 bits per heavy atom. The van der Waals surface area contributed by atoms with Crippen LogP contribution < -0.4 is 0 Å². The van der Waals surface area contributed by atoms with Gasteiger partial charge in [0.05, 0.1) is 0 Å². The van der Waals surface area contributed by atoms with Crippen LogP contribution in [0.3, 0.4) is 0 Å². The molecule has 0 saturated heterocycles. The summed E-state index contributed by atoms with van der Waals surface area (Å²) in [4.78, 5) is 0. The van der Waals surface area contributed by atoms with Gasteiger partial charge in [-0.05, 0) is 29.7 Å². The number of hydrogen-bond acceptors (Lipinski definition) is 0. The van der Waals surface area contributed by atoms with E-state index in [0.717, 1.165) is 17.8 Å². The van der Waals surface area contributed by atoms with Crippen molar-refractivity contribution >= 4 is 0 Å². The first kappa shape index (κ1) is 11.3. The molecule has 0 bridgehead atoms. The van der Waals surface area contributed by atoms with Crippen molar-refractivity contribution in [3.8, 4) is 0 Å². The fourth-order valence-corrected chi connectivity index (χ4v) is 2.00. The summed E-state index contributed by atoms with van der Waals surface area (Å²) in [6.07, 6.45) is 1.29. The first-order chi connectivity index (χ1) is 6.61. The monoisotopic (exact) mass is 190 g/mol. The summed E-state index contributed by atoms with van der Waals surface area (Å²) in [5.74, 6) is 2.23. The second-order valence-electron chi connectivity index (χ2n) is 4.89. The van der Waals surface area contributed by atoms with Crippen molar-refractivity contribution in [2.45, 2.75) is 40.0 Å². The van der Waals surface area contributed by atoms with Crippen LogP contribution in [0.1, 0.15) is 45.6 Å². The summed E-state index contributed by atoms with van der Waals surface area (Å²) < 4.78 is 0. The molecule has 14 heavy (non-hydrogen) atoms. The van der Waals surface area contributed by atoms with E-state index >= 15 is 0 Å². The minimum atomic E-state index is 0.719. The van der Waals surface area contributed by atoms with E-state index in [4.69, 9.17) is 0 Å². The third-order valence-electron chi connectivity index (χ3n) is 2.76. The van der Waals surface area contributed by atoms with E-state index < -0.39 is 0 Å². The highest BCUT2D eigenvalue weighted by atomic mass is 14.2. The Hall–Kier alpha value is -0.780. The molecule has 1 atom stereocenters. The van der Waals surface area contributed by atoms with Gasteiger partial charge in [0.2, 0.25) is 0 Å². The highest BCUT2D eigenvalue weighted by Crippen LogP contribution is 2.30. The molecule has 0 aliphatic heterocycles. The normalized spacial score (nSPS) is 13.6. The molecule has 0 N–H and O–H groups in total. The molecule has 0 aliphatic rings. The van der Waals surface area contributed by atoms with Gasteiger partial charge in [-0.25, -0.2) is 0 Å². The summed E-state index contributed by atoms with van der Waals surface area (Å²) >= 11 is 0. The van der Waals surface area contributed by atoms with Gasteiger partial charge in [-0.1, -0.05) is 58.0 Å². The zero-order valence-corrected chi connectivity index (χ0v) is 9.83. The first-order valence-electron chi connectivity index (χ1n) is 5.66. The molecule has 0 fully saturated rings. The molecule has 1 aromatic carbocycles. The van der Waals surface area contributed by atoms with E-state index in [2.05, 4.69) is 58.0 Å². The van der Waals surface area contributed by atoms with E-state index in [1.807, 2.05) is 0 Å². The van der Waals surface area contributed by atoms with Crippen LogP contribution in [0.25, 0.3) is 0 Å². The Morgan fingerprint density at radius 1 is 0.929 bits per heavy atom. The van der Waals surface area contributed by atoms with Gasteiger partial charge in [0, 0.05) is 0 Å². The maximum absolute atomic E-state index is 2.32. The van der Waals surface area contributed by atoms with Gasteiger partial charge >= 0.3 is 0 Å². The van der Waals surface area contributed by atoms with E-state index in [9.17, 15) is 0 Å². The highest BCUT2D eigenvalue weighted by molar-refractivity contribution is 5.20. The second-order valence-corrected chi connectivity index (χ2v) is 4.89. The van der Waals surface area contributed by atoms with Gasteiger partial charge in [-0.2, -0.15) is 0 Å². The SMILES string of the molecule is CC(C)C[C@H](c1ccccc1)C(C)C. The Labute approximate surface area is 88.4 Å². The molecule has 1 aromatic rings. The zero-order chi connectivity index (χ0) is 10.6. The van der Waals surface area contributed by atoms with Crippen LogP contribution in [0.15, 0.2) is 30.3 Å². The lowest BCUT2D eigenvalue weighted by Gasteiger charge is -2.23. The van der Waals surface area contributed by atoms with Crippen molar-refractivity contribution in [1.82, 2.24) is 0 Å². The quantitative estimate of drug-likeness (QED) is 0.657. The van der Waals surface area contributed by atoms with Crippen LogP contribution in [0.2, 0.25) is 0 Å². The molecule has 0 aliphatic carbocycles. The smallest absolute Gasteiger partial charge is 0.0136 e. The highest BCUT2D eigenvalue weighted by Gasteiger charge is 2.16. The van der Waals surface area contributed by atoms with Crippen LogP contribution in [0, 0.1) is 11.8 Å². The Morgan fingerprint density at radius 3 is 1.93 bits per heavy atom. The molecular weight excluding hydrogens is 168 g/mol. The lowest BCUT2D eigenvalue weighted by Crippen LogP contribution is -2.09. The predicted octanol–water partition coefficient (Wildman–Crippen LogP) is 4.47. The summed E-state index contributed by atoms with van der Waals surface area (Å²) in [6, 6.07) is 10.9. The summed E-state index contributed by atoms with van der Waals surface area (Å²) in [5, 5.41) is 0. The van der Waals surface area contributed by atoms with E-state index in [1.165, 1.54) is 12.0 Å². The predicted molar refractivity (Wildman–Crippen MR) is 63.5 cm³/mol. The van der Waals surface area contributed by atoms with E-state index in [1.54, 1.807) is 0 Å². The molecule has 0 spiro atoms. The maximum Gasteiger partial charge on any atom is -0.0136 e. The third-order valence-corrected chi connectivity index (χ3v) is 2.76. The van der Waals surface area contributed by atoms with Gasteiger partial charge in [-0.15, -0.1) is 0 Å². The summed E-state index contributed by atoms with van der Waals surface area (Å²) in [6.45, 7) is 9.25. The fourth-order valence-electron chi connectivity index (χ4n) is 2.00. The van der Waals surface area contributed by atoms with Crippen LogP contribution in [-0.4, -0.2) is 0 Å². The van der Waals surface area contributed by atoms with Gasteiger partial charge < -0.3 is 0 Å². The first-order valence-corrected chi connectivity index (χ1v) is 5.66. The van der Waals surface area contributed by atoms with Crippen LogP contribution in [-0.2, 0) is 0 Å². The average molecular weight is 190 g/mol. The van der Waals surface area contributed by atoms with Crippen molar-refractivity contribution in [2.24, 2.45) is 11.8 Å². The number of benzene rings is 1. The maximum atomic E-state index is 2.32. The topological polar surface area (TPSA) is 0 Å². The lowest BCUT2D eigenvalue weighted by atomic mass is 9.82.